The summed E-state index contributed by atoms with van der Waals surface area (Å²) in [6, 6.07) is 6.29. The van der Waals surface area contributed by atoms with E-state index >= 15 is 0 Å². The molecule has 0 spiro atoms. The molecule has 2 heterocycles. The highest BCUT2D eigenvalue weighted by Crippen LogP contribution is 2.48. The number of fused-ring (bicyclic) bond motifs is 1. The van der Waals surface area contributed by atoms with E-state index in [9.17, 15) is 13.2 Å². The standard InChI is InChI=1S/C22H30BrNO6S/c1-14-11-16(5-6-17(14)23)15-7-9-24(10-8-15)31(26,27)22(20(25)28-4)12-18-19(13-22)30-21(2,3)29-18/h5-6,11,15,18-19H,7-10,12-13H2,1-4H3/t18-,19+,22+. The van der Waals surface area contributed by atoms with Crippen LogP contribution in [-0.4, -0.2) is 61.6 Å². The van der Waals surface area contributed by atoms with E-state index in [1.807, 2.05) is 6.07 Å². The number of carbonyl (C=O) groups is 1. The summed E-state index contributed by atoms with van der Waals surface area (Å²) in [4.78, 5) is 12.8. The lowest BCUT2D eigenvalue weighted by atomic mass is 9.89. The normalized spacial score (nSPS) is 31.5. The molecule has 3 atom stereocenters. The Balaban J connectivity index is 1.53. The highest BCUT2D eigenvalue weighted by atomic mass is 79.9. The largest absolute Gasteiger partial charge is 0.468 e. The summed E-state index contributed by atoms with van der Waals surface area (Å²) in [7, 11) is -2.71. The highest BCUT2D eigenvalue weighted by molar-refractivity contribution is 9.10. The molecule has 31 heavy (non-hydrogen) atoms. The summed E-state index contributed by atoms with van der Waals surface area (Å²) >= 11 is 3.53. The first kappa shape index (κ1) is 23.2. The van der Waals surface area contributed by atoms with Gasteiger partial charge in [-0.15, -0.1) is 0 Å². The van der Waals surface area contributed by atoms with Crippen LogP contribution in [0.3, 0.4) is 0 Å². The van der Waals surface area contributed by atoms with Gasteiger partial charge in [0, 0.05) is 30.4 Å². The maximum atomic E-state index is 13.8. The fourth-order valence-electron chi connectivity index (χ4n) is 5.26. The first-order valence-electron chi connectivity index (χ1n) is 10.7. The first-order chi connectivity index (χ1) is 14.5. The van der Waals surface area contributed by atoms with Crippen LogP contribution in [0.2, 0.25) is 0 Å². The van der Waals surface area contributed by atoms with Gasteiger partial charge in [0.2, 0.25) is 10.0 Å². The van der Waals surface area contributed by atoms with E-state index in [1.165, 1.54) is 17.0 Å². The fourth-order valence-corrected chi connectivity index (χ4v) is 7.73. The SMILES string of the molecule is COC(=O)[C@@]1(S(=O)(=O)N2CCC(c3ccc(Br)c(C)c3)CC2)C[C@@H]2OC(C)(C)O[C@@H]2C1. The Kier molecular flexibility index (Phi) is 6.05. The second-order valence-corrected chi connectivity index (χ2v) is 12.4. The second-order valence-electron chi connectivity index (χ2n) is 9.29. The Bertz CT molecular complexity index is 954. The predicted octanol–water partition coefficient (Wildman–Crippen LogP) is 3.49. The number of esters is 1. The number of hydrogen-bond acceptors (Lipinski definition) is 6. The number of sulfonamides is 1. The topological polar surface area (TPSA) is 82.1 Å². The van der Waals surface area contributed by atoms with Crippen molar-refractivity contribution in [3.8, 4) is 0 Å². The van der Waals surface area contributed by atoms with Crippen molar-refractivity contribution in [2.75, 3.05) is 20.2 Å². The fraction of sp³-hybridized carbons (Fsp3) is 0.682. The molecular formula is C22H30BrNO6S. The molecule has 9 heteroatoms. The van der Waals surface area contributed by atoms with Crippen molar-refractivity contribution in [3.63, 3.8) is 0 Å². The van der Waals surface area contributed by atoms with Crippen molar-refractivity contribution in [3.05, 3.63) is 33.8 Å². The molecule has 0 N–H and O–H groups in total. The Hall–Kier alpha value is -1.00. The molecular weight excluding hydrogens is 486 g/mol. The van der Waals surface area contributed by atoms with Crippen LogP contribution in [0.4, 0.5) is 0 Å². The molecule has 0 amide bonds. The molecule has 0 unspecified atom stereocenters. The summed E-state index contributed by atoms with van der Waals surface area (Å²) in [5.74, 6) is -1.21. The Morgan fingerprint density at radius 1 is 1.16 bits per heavy atom. The van der Waals surface area contributed by atoms with Gasteiger partial charge < -0.3 is 14.2 Å². The molecule has 1 aliphatic carbocycles. The van der Waals surface area contributed by atoms with Gasteiger partial charge >= 0.3 is 5.97 Å². The number of ether oxygens (including phenoxy) is 3. The Morgan fingerprint density at radius 2 is 1.74 bits per heavy atom. The predicted molar refractivity (Wildman–Crippen MR) is 119 cm³/mol. The lowest BCUT2D eigenvalue weighted by Crippen LogP contribution is -2.55. The lowest BCUT2D eigenvalue weighted by molar-refractivity contribution is -0.160. The number of carbonyl (C=O) groups excluding carboxylic acids is 1. The van der Waals surface area contributed by atoms with E-state index < -0.39 is 38.7 Å². The minimum atomic E-state index is -3.94. The Labute approximate surface area is 192 Å². The molecule has 1 saturated carbocycles. The average Bonchev–Trinajstić information content (AvgIpc) is 3.21. The minimum Gasteiger partial charge on any atom is -0.468 e. The van der Waals surface area contributed by atoms with Crippen molar-refractivity contribution in [2.45, 2.75) is 75.1 Å². The molecule has 0 radical (unpaired) electrons. The maximum absolute atomic E-state index is 13.8. The van der Waals surface area contributed by atoms with Crippen LogP contribution in [0.1, 0.15) is 56.6 Å². The molecule has 2 saturated heterocycles. The van der Waals surface area contributed by atoms with E-state index in [4.69, 9.17) is 14.2 Å². The monoisotopic (exact) mass is 515 g/mol. The van der Waals surface area contributed by atoms with Crippen LogP contribution < -0.4 is 0 Å². The van der Waals surface area contributed by atoms with Gasteiger partial charge in [0.25, 0.3) is 0 Å². The van der Waals surface area contributed by atoms with Gasteiger partial charge in [0.05, 0.1) is 19.3 Å². The second kappa shape index (κ2) is 8.09. The van der Waals surface area contributed by atoms with Crippen molar-refractivity contribution < 1.29 is 27.4 Å². The van der Waals surface area contributed by atoms with E-state index in [-0.39, 0.29) is 12.8 Å². The summed E-state index contributed by atoms with van der Waals surface area (Å²) < 4.78 is 45.1. The molecule has 172 valence electrons. The average molecular weight is 516 g/mol. The number of piperidine rings is 1. The van der Waals surface area contributed by atoms with Gasteiger partial charge in [-0.25, -0.2) is 12.7 Å². The van der Waals surface area contributed by atoms with Gasteiger partial charge in [0.15, 0.2) is 10.5 Å². The first-order valence-corrected chi connectivity index (χ1v) is 12.9. The third kappa shape index (κ3) is 3.97. The molecule has 7 nitrogen and oxygen atoms in total. The summed E-state index contributed by atoms with van der Waals surface area (Å²) in [6.45, 7) is 6.41. The zero-order chi connectivity index (χ0) is 22.6. The van der Waals surface area contributed by atoms with E-state index in [2.05, 4.69) is 35.0 Å². The number of hydrogen-bond donors (Lipinski definition) is 0. The third-order valence-corrected chi connectivity index (χ3v) is 10.3. The van der Waals surface area contributed by atoms with Crippen molar-refractivity contribution in [1.29, 1.82) is 0 Å². The smallest absolute Gasteiger partial charge is 0.328 e. The number of nitrogens with zero attached hydrogens (tertiary/aromatic N) is 1. The van der Waals surface area contributed by atoms with Crippen LogP contribution in [0.5, 0.6) is 0 Å². The minimum absolute atomic E-state index is 0.0575. The van der Waals surface area contributed by atoms with Gasteiger partial charge in [-0.3, -0.25) is 4.79 Å². The summed E-state index contributed by atoms with van der Waals surface area (Å²) in [6.07, 6.45) is 0.665. The summed E-state index contributed by atoms with van der Waals surface area (Å²) in [5, 5.41) is 0. The van der Waals surface area contributed by atoms with Gasteiger partial charge in [0.1, 0.15) is 0 Å². The van der Waals surface area contributed by atoms with Crippen LogP contribution in [0, 0.1) is 6.92 Å². The summed E-state index contributed by atoms with van der Waals surface area (Å²) in [5.41, 5.74) is 2.39. The van der Waals surface area contributed by atoms with E-state index in [0.717, 1.165) is 10.0 Å². The van der Waals surface area contributed by atoms with Crippen LogP contribution >= 0.6 is 15.9 Å². The molecule has 4 rings (SSSR count). The van der Waals surface area contributed by atoms with E-state index in [0.29, 0.717) is 31.8 Å². The molecule has 3 fully saturated rings. The number of halogens is 1. The zero-order valence-electron chi connectivity index (χ0n) is 18.4. The van der Waals surface area contributed by atoms with Crippen molar-refractivity contribution in [1.82, 2.24) is 4.31 Å². The van der Waals surface area contributed by atoms with Crippen LogP contribution in [0.15, 0.2) is 22.7 Å². The maximum Gasteiger partial charge on any atom is 0.328 e. The lowest BCUT2D eigenvalue weighted by Gasteiger charge is -2.37. The molecule has 2 aliphatic heterocycles. The molecule has 1 aromatic rings. The van der Waals surface area contributed by atoms with Gasteiger partial charge in [-0.05, 0) is 56.7 Å². The van der Waals surface area contributed by atoms with Crippen LogP contribution in [-0.2, 0) is 29.0 Å². The number of aryl methyl sites for hydroxylation is 1. The van der Waals surface area contributed by atoms with Gasteiger partial charge in [-0.1, -0.05) is 28.1 Å². The van der Waals surface area contributed by atoms with E-state index in [1.54, 1.807) is 13.8 Å². The van der Waals surface area contributed by atoms with Crippen LogP contribution in [0.25, 0.3) is 0 Å². The zero-order valence-corrected chi connectivity index (χ0v) is 20.8. The number of rotatable bonds is 4. The number of methoxy groups -OCH3 is 1. The van der Waals surface area contributed by atoms with Crippen molar-refractivity contribution in [2.24, 2.45) is 0 Å². The molecule has 0 bridgehead atoms. The van der Waals surface area contributed by atoms with Crippen molar-refractivity contribution >= 4 is 31.9 Å². The van der Waals surface area contributed by atoms with Gasteiger partial charge in [-0.2, -0.15) is 0 Å². The highest BCUT2D eigenvalue weighted by Gasteiger charge is 2.65. The quantitative estimate of drug-likeness (QED) is 0.570. The third-order valence-electron chi connectivity index (χ3n) is 6.85. The molecule has 3 aliphatic rings. The number of benzene rings is 1. The molecule has 0 aromatic heterocycles. The Morgan fingerprint density at radius 3 is 2.26 bits per heavy atom. The molecule has 1 aromatic carbocycles.